The molecular weight excluding hydrogens is 356 g/mol. The highest BCUT2D eigenvalue weighted by atomic mass is 16.6. The Balaban J connectivity index is 2.16. The van der Waals surface area contributed by atoms with E-state index in [9.17, 15) is 20.6 Å². The van der Waals surface area contributed by atoms with E-state index in [4.69, 9.17) is 10.1 Å². The van der Waals surface area contributed by atoms with Crippen LogP contribution in [0.2, 0.25) is 0 Å². The zero-order valence-corrected chi connectivity index (χ0v) is 15.3. The zero-order chi connectivity index (χ0) is 20.3. The summed E-state index contributed by atoms with van der Waals surface area (Å²) in [6.45, 7) is 2.33. The third kappa shape index (κ3) is 2.78. The number of nitrogens with one attached hydrogen (secondary N) is 1. The zero-order valence-electron chi connectivity index (χ0n) is 15.3. The number of nitrogens with zero attached hydrogens (tertiary/aromatic N) is 5. The first kappa shape index (κ1) is 19.1. The molecule has 1 aromatic rings. The van der Waals surface area contributed by atoms with Crippen molar-refractivity contribution in [3.05, 3.63) is 41.7 Å². The van der Waals surface area contributed by atoms with Crippen molar-refractivity contribution in [3.63, 3.8) is 0 Å². The van der Waals surface area contributed by atoms with Crippen LogP contribution in [0.4, 0.5) is 4.79 Å². The van der Waals surface area contributed by atoms with Gasteiger partial charge in [-0.2, -0.15) is 15.8 Å². The minimum atomic E-state index is -1.80. The van der Waals surface area contributed by atoms with Crippen molar-refractivity contribution in [2.24, 2.45) is 17.3 Å². The fraction of sp³-hybridized carbons (Fsp3) is 0.400. The number of fused-ring (bicyclic) bond motifs is 1. The Hall–Kier alpha value is -3.70. The summed E-state index contributed by atoms with van der Waals surface area (Å²) in [4.78, 5) is 17.8. The van der Waals surface area contributed by atoms with Gasteiger partial charge in [0.15, 0.2) is 0 Å². The molecule has 0 bridgehead atoms. The van der Waals surface area contributed by atoms with Gasteiger partial charge >= 0.3 is 6.09 Å². The fourth-order valence-electron chi connectivity index (χ4n) is 4.10. The van der Waals surface area contributed by atoms with Gasteiger partial charge in [0.2, 0.25) is 5.41 Å². The summed E-state index contributed by atoms with van der Waals surface area (Å²) < 4.78 is 5.09. The lowest BCUT2D eigenvalue weighted by Crippen LogP contribution is -2.53. The molecule has 1 N–H and O–H groups in total. The SMILES string of the molecule is CCOC(=O)N1CC=C2[C@H](C1)[C@H](c1ccncc1)[C@H](C#N)C(=N)C2(C#N)C#N. The van der Waals surface area contributed by atoms with Crippen LogP contribution >= 0.6 is 0 Å². The summed E-state index contributed by atoms with van der Waals surface area (Å²) in [6.07, 6.45) is 4.37. The van der Waals surface area contributed by atoms with Crippen molar-refractivity contribution in [2.75, 3.05) is 19.7 Å². The molecule has 0 radical (unpaired) electrons. The van der Waals surface area contributed by atoms with Crippen molar-refractivity contribution in [2.45, 2.75) is 12.8 Å². The van der Waals surface area contributed by atoms with E-state index >= 15 is 0 Å². The number of carbonyl (C=O) groups is 1. The molecule has 1 aromatic heterocycles. The number of rotatable bonds is 2. The number of ether oxygens (including phenoxy) is 1. The molecule has 0 saturated heterocycles. The molecule has 8 heteroatoms. The second-order valence-corrected chi connectivity index (χ2v) is 6.67. The first-order valence-corrected chi connectivity index (χ1v) is 8.87. The highest BCUT2D eigenvalue weighted by Gasteiger charge is 2.56. The molecule has 3 rings (SSSR count). The molecule has 0 unspecified atom stereocenters. The molecule has 2 aliphatic rings. The van der Waals surface area contributed by atoms with Crippen molar-refractivity contribution < 1.29 is 9.53 Å². The van der Waals surface area contributed by atoms with Gasteiger partial charge in [-0.1, -0.05) is 6.08 Å². The predicted octanol–water partition coefficient (Wildman–Crippen LogP) is 2.39. The Morgan fingerprint density at radius 2 is 2.04 bits per heavy atom. The summed E-state index contributed by atoms with van der Waals surface area (Å²) in [5, 5.41) is 37.9. The maximum absolute atomic E-state index is 12.3. The molecule has 1 saturated carbocycles. The molecule has 3 atom stereocenters. The Bertz CT molecular complexity index is 936. The monoisotopic (exact) mass is 374 g/mol. The van der Waals surface area contributed by atoms with Crippen LogP contribution in [0, 0.1) is 56.7 Å². The Morgan fingerprint density at radius 1 is 1.36 bits per heavy atom. The maximum Gasteiger partial charge on any atom is 0.410 e. The van der Waals surface area contributed by atoms with E-state index in [1.807, 2.05) is 12.1 Å². The average Bonchev–Trinajstić information content (AvgIpc) is 2.74. The third-order valence-electron chi connectivity index (χ3n) is 5.38. The van der Waals surface area contributed by atoms with E-state index in [0.717, 1.165) is 5.56 Å². The predicted molar refractivity (Wildman–Crippen MR) is 97.6 cm³/mol. The van der Waals surface area contributed by atoms with Crippen LogP contribution in [-0.2, 0) is 4.74 Å². The molecule has 140 valence electrons. The van der Waals surface area contributed by atoms with Crippen molar-refractivity contribution >= 4 is 11.8 Å². The van der Waals surface area contributed by atoms with Crippen LogP contribution in [0.3, 0.4) is 0 Å². The van der Waals surface area contributed by atoms with Crippen molar-refractivity contribution in [1.29, 1.82) is 21.2 Å². The highest BCUT2D eigenvalue weighted by molar-refractivity contribution is 6.01. The second kappa shape index (κ2) is 7.50. The summed E-state index contributed by atoms with van der Waals surface area (Å²) in [6, 6.07) is 9.58. The number of aromatic nitrogens is 1. The molecule has 0 aromatic carbocycles. The third-order valence-corrected chi connectivity index (χ3v) is 5.38. The molecule has 1 fully saturated rings. The normalized spacial score (nSPS) is 25.4. The first-order valence-electron chi connectivity index (χ1n) is 8.87. The number of hydrogen-bond acceptors (Lipinski definition) is 7. The molecule has 8 nitrogen and oxygen atoms in total. The van der Waals surface area contributed by atoms with E-state index in [0.29, 0.717) is 5.57 Å². The number of nitriles is 3. The highest BCUT2D eigenvalue weighted by Crippen LogP contribution is 2.52. The summed E-state index contributed by atoms with van der Waals surface area (Å²) in [5.74, 6) is -1.90. The molecule has 1 aliphatic heterocycles. The largest absolute Gasteiger partial charge is 0.450 e. The first-order chi connectivity index (χ1) is 13.5. The number of pyridine rings is 1. The van der Waals surface area contributed by atoms with Crippen LogP contribution in [0.1, 0.15) is 18.4 Å². The van der Waals surface area contributed by atoms with Crippen molar-refractivity contribution in [3.8, 4) is 18.2 Å². The Morgan fingerprint density at radius 3 is 2.61 bits per heavy atom. The van der Waals surface area contributed by atoms with Gasteiger partial charge < -0.3 is 15.0 Å². The lowest BCUT2D eigenvalue weighted by atomic mass is 9.55. The minimum Gasteiger partial charge on any atom is -0.450 e. The lowest BCUT2D eigenvalue weighted by molar-refractivity contribution is 0.0998. The van der Waals surface area contributed by atoms with Crippen LogP contribution in [0.25, 0.3) is 0 Å². The molecule has 0 spiro atoms. The van der Waals surface area contributed by atoms with Crippen molar-refractivity contribution in [1.82, 2.24) is 9.88 Å². The van der Waals surface area contributed by atoms with Gasteiger partial charge in [0.05, 0.1) is 36.4 Å². The minimum absolute atomic E-state index is 0.184. The molecule has 1 amide bonds. The van der Waals surface area contributed by atoms with Gasteiger partial charge in [-0.3, -0.25) is 4.98 Å². The summed E-state index contributed by atoms with van der Waals surface area (Å²) >= 11 is 0. The lowest BCUT2D eigenvalue weighted by Gasteiger charge is -2.47. The van der Waals surface area contributed by atoms with E-state index < -0.39 is 29.3 Å². The number of carbonyl (C=O) groups excluding carboxylic acids is 1. The summed E-state index contributed by atoms with van der Waals surface area (Å²) in [7, 11) is 0. The Kier molecular flexibility index (Phi) is 5.11. The van der Waals surface area contributed by atoms with E-state index in [-0.39, 0.29) is 25.4 Å². The van der Waals surface area contributed by atoms with Gasteiger partial charge in [-0.25, -0.2) is 4.79 Å². The van der Waals surface area contributed by atoms with E-state index in [2.05, 4.69) is 11.1 Å². The van der Waals surface area contributed by atoms with Crippen LogP contribution in [0.15, 0.2) is 36.2 Å². The van der Waals surface area contributed by atoms with Gasteiger partial charge in [0, 0.05) is 37.3 Å². The van der Waals surface area contributed by atoms with Crippen LogP contribution in [0.5, 0.6) is 0 Å². The smallest absolute Gasteiger partial charge is 0.410 e. The van der Waals surface area contributed by atoms with Gasteiger partial charge in [0.1, 0.15) is 0 Å². The van der Waals surface area contributed by atoms with Crippen LogP contribution in [-0.4, -0.2) is 41.4 Å². The average molecular weight is 374 g/mol. The molecule has 1 aliphatic carbocycles. The quantitative estimate of drug-likeness (QED) is 0.789. The molecule has 28 heavy (non-hydrogen) atoms. The second-order valence-electron chi connectivity index (χ2n) is 6.67. The van der Waals surface area contributed by atoms with E-state index in [1.165, 1.54) is 4.90 Å². The fourth-order valence-corrected chi connectivity index (χ4v) is 4.10. The standard InChI is InChI=1S/C20H18N6O2/c1-2-28-19(27)26-8-5-16-15(10-26)17(13-3-6-25-7-4-13)14(9-21)18(24)20(16,11-22)12-23/h3-7,14-15,17,24H,2,8,10H2,1H3/t14-,15-,17+/m0/s1. The number of hydrogen-bond donors (Lipinski definition) is 1. The number of amides is 1. The molecular formula is C20H18N6O2. The molecule has 2 heterocycles. The van der Waals surface area contributed by atoms with Gasteiger partial charge in [-0.05, 0) is 30.2 Å². The van der Waals surface area contributed by atoms with Gasteiger partial charge in [-0.15, -0.1) is 0 Å². The topological polar surface area (TPSA) is 138 Å². The van der Waals surface area contributed by atoms with Crippen LogP contribution < -0.4 is 0 Å². The maximum atomic E-state index is 12.3. The summed E-state index contributed by atoms with van der Waals surface area (Å²) in [5.41, 5.74) is -0.752. The van der Waals surface area contributed by atoms with Gasteiger partial charge in [0.25, 0.3) is 0 Å². The van der Waals surface area contributed by atoms with E-state index in [1.54, 1.807) is 37.5 Å². The Labute approximate surface area is 162 Å².